The van der Waals surface area contributed by atoms with Crippen molar-refractivity contribution in [3.05, 3.63) is 56.7 Å². The van der Waals surface area contributed by atoms with Crippen LogP contribution in [-0.2, 0) is 10.0 Å². The molecule has 2 rings (SSSR count). The van der Waals surface area contributed by atoms with Gasteiger partial charge in [-0.05, 0) is 30.7 Å². The Morgan fingerprint density at radius 3 is 2.57 bits per heavy atom. The van der Waals surface area contributed by atoms with E-state index in [1.165, 1.54) is 31.3 Å². The van der Waals surface area contributed by atoms with Gasteiger partial charge in [0, 0.05) is 22.8 Å². The lowest BCUT2D eigenvalue weighted by atomic mass is 10.2. The minimum Gasteiger partial charge on any atom is -0.263 e. The Morgan fingerprint density at radius 2 is 2.00 bits per heavy atom. The van der Waals surface area contributed by atoms with Gasteiger partial charge in [0.15, 0.2) is 0 Å². The number of nitrogens with one attached hydrogen (secondary N) is 1. The van der Waals surface area contributed by atoms with Crippen LogP contribution in [0.3, 0.4) is 0 Å². The number of non-ortho nitro benzene ring substituents is 1. The molecule has 9 heteroatoms. The summed E-state index contributed by atoms with van der Waals surface area (Å²) in [5.41, 5.74) is 0.124. The number of anilines is 1. The summed E-state index contributed by atoms with van der Waals surface area (Å²) in [5, 5.41) is 10.7. The highest BCUT2D eigenvalue weighted by Gasteiger charge is 2.19. The number of sulfonamides is 1. The van der Waals surface area contributed by atoms with Gasteiger partial charge in [0.05, 0.1) is 9.82 Å². The van der Waals surface area contributed by atoms with Crippen molar-refractivity contribution in [2.45, 2.75) is 11.8 Å². The first-order valence-electron chi connectivity index (χ1n) is 5.69. The number of pyridine rings is 1. The molecule has 7 nitrogen and oxygen atoms in total. The van der Waals surface area contributed by atoms with Crippen LogP contribution in [0, 0.1) is 17.0 Å². The van der Waals surface area contributed by atoms with Crippen molar-refractivity contribution in [1.29, 1.82) is 0 Å². The Kier molecular flexibility index (Phi) is 4.24. The highest BCUT2D eigenvalue weighted by molar-refractivity contribution is 9.10. The van der Waals surface area contributed by atoms with Crippen molar-refractivity contribution in [3.8, 4) is 0 Å². The van der Waals surface area contributed by atoms with Crippen molar-refractivity contribution in [1.82, 2.24) is 4.98 Å². The van der Waals surface area contributed by atoms with Gasteiger partial charge in [0.2, 0.25) is 0 Å². The first kappa shape index (κ1) is 15.4. The summed E-state index contributed by atoms with van der Waals surface area (Å²) in [6.07, 6.45) is 1.45. The summed E-state index contributed by atoms with van der Waals surface area (Å²) in [7, 11) is -3.86. The fraction of sp³-hybridized carbons (Fsp3) is 0.0833. The number of benzene rings is 1. The van der Waals surface area contributed by atoms with Gasteiger partial charge >= 0.3 is 0 Å². The Labute approximate surface area is 129 Å². The summed E-state index contributed by atoms with van der Waals surface area (Å²) >= 11 is 3.22. The predicted octanol–water partition coefficient (Wildman–Crippen LogP) is 2.86. The molecule has 0 radical (unpaired) electrons. The normalized spacial score (nSPS) is 11.1. The second-order valence-corrected chi connectivity index (χ2v) is 6.74. The minimum absolute atomic E-state index is 0.0325. The lowest BCUT2D eigenvalue weighted by Crippen LogP contribution is -2.15. The molecule has 2 aromatic rings. The van der Waals surface area contributed by atoms with Crippen molar-refractivity contribution in [3.63, 3.8) is 0 Å². The van der Waals surface area contributed by atoms with Crippen LogP contribution in [-0.4, -0.2) is 18.3 Å². The molecule has 1 aromatic carbocycles. The maximum Gasteiger partial charge on any atom is 0.269 e. The molecule has 0 bridgehead atoms. The predicted molar refractivity (Wildman–Crippen MR) is 80.6 cm³/mol. The number of rotatable bonds is 4. The van der Waals surface area contributed by atoms with Gasteiger partial charge in [0.25, 0.3) is 15.7 Å². The molecular formula is C12H10BrN3O4S. The van der Waals surface area contributed by atoms with E-state index in [4.69, 9.17) is 0 Å². The third kappa shape index (κ3) is 3.56. The first-order valence-corrected chi connectivity index (χ1v) is 7.96. The highest BCUT2D eigenvalue weighted by atomic mass is 79.9. The van der Waals surface area contributed by atoms with Crippen LogP contribution in [0.4, 0.5) is 11.5 Å². The zero-order valence-electron chi connectivity index (χ0n) is 10.8. The van der Waals surface area contributed by atoms with Gasteiger partial charge in [-0.2, -0.15) is 0 Å². The van der Waals surface area contributed by atoms with E-state index in [1.807, 2.05) is 0 Å². The van der Waals surface area contributed by atoms with E-state index in [-0.39, 0.29) is 22.0 Å². The SMILES string of the molecule is Cc1cc([N+](=O)[O-])ccc1S(=O)(=O)Nc1cc(Br)ccn1. The highest BCUT2D eigenvalue weighted by Crippen LogP contribution is 2.23. The van der Waals surface area contributed by atoms with E-state index in [1.54, 1.807) is 6.07 Å². The summed E-state index contributed by atoms with van der Waals surface area (Å²) in [4.78, 5) is 14.0. The van der Waals surface area contributed by atoms with Gasteiger partial charge in [-0.3, -0.25) is 14.8 Å². The molecule has 0 amide bonds. The van der Waals surface area contributed by atoms with E-state index in [0.717, 1.165) is 6.07 Å². The molecule has 0 saturated heterocycles. The van der Waals surface area contributed by atoms with E-state index < -0.39 is 14.9 Å². The second kappa shape index (κ2) is 5.78. The van der Waals surface area contributed by atoms with Crippen LogP contribution >= 0.6 is 15.9 Å². The molecule has 0 atom stereocenters. The van der Waals surface area contributed by atoms with Gasteiger partial charge in [-0.25, -0.2) is 13.4 Å². The van der Waals surface area contributed by atoms with E-state index in [9.17, 15) is 18.5 Å². The summed E-state index contributed by atoms with van der Waals surface area (Å²) in [5.74, 6) is 0.155. The number of nitrogens with zero attached hydrogens (tertiary/aromatic N) is 2. The number of hydrogen-bond acceptors (Lipinski definition) is 5. The molecule has 0 unspecified atom stereocenters. The summed E-state index contributed by atoms with van der Waals surface area (Å²) in [6, 6.07) is 6.74. The standard InChI is InChI=1S/C12H10BrN3O4S/c1-8-6-10(16(17)18)2-3-11(8)21(19,20)15-12-7-9(13)4-5-14-12/h2-7H,1H3,(H,14,15). The fourth-order valence-electron chi connectivity index (χ4n) is 1.70. The van der Waals surface area contributed by atoms with Gasteiger partial charge in [0.1, 0.15) is 5.82 Å². The minimum atomic E-state index is -3.86. The topological polar surface area (TPSA) is 102 Å². The van der Waals surface area contributed by atoms with E-state index in [2.05, 4.69) is 25.6 Å². The molecule has 0 aliphatic carbocycles. The van der Waals surface area contributed by atoms with Crippen molar-refractivity contribution < 1.29 is 13.3 Å². The maximum absolute atomic E-state index is 12.3. The van der Waals surface area contributed by atoms with E-state index >= 15 is 0 Å². The molecule has 110 valence electrons. The number of hydrogen-bond donors (Lipinski definition) is 1. The van der Waals surface area contributed by atoms with Crippen LogP contribution in [0.1, 0.15) is 5.56 Å². The van der Waals surface area contributed by atoms with Crippen molar-refractivity contribution in [2.75, 3.05) is 4.72 Å². The third-order valence-corrected chi connectivity index (χ3v) is 4.63. The molecule has 1 N–H and O–H groups in total. The Bertz CT molecular complexity index is 808. The zero-order valence-corrected chi connectivity index (χ0v) is 13.2. The Balaban J connectivity index is 2.38. The van der Waals surface area contributed by atoms with Crippen LogP contribution in [0.2, 0.25) is 0 Å². The number of halogens is 1. The number of nitro groups is 1. The molecule has 0 spiro atoms. The molecule has 1 aromatic heterocycles. The molecule has 0 fully saturated rings. The number of aryl methyl sites for hydroxylation is 1. The van der Waals surface area contributed by atoms with Gasteiger partial charge in [-0.15, -0.1) is 0 Å². The quantitative estimate of drug-likeness (QED) is 0.657. The van der Waals surface area contributed by atoms with Gasteiger partial charge < -0.3 is 0 Å². The van der Waals surface area contributed by atoms with Crippen LogP contribution in [0.15, 0.2) is 45.9 Å². The molecule has 0 aliphatic heterocycles. The average molecular weight is 372 g/mol. The lowest BCUT2D eigenvalue weighted by Gasteiger charge is -2.09. The molecule has 1 heterocycles. The largest absolute Gasteiger partial charge is 0.269 e. The first-order chi connectivity index (χ1) is 9.79. The van der Waals surface area contributed by atoms with Crippen molar-refractivity contribution in [2.24, 2.45) is 0 Å². The average Bonchev–Trinajstić information content (AvgIpc) is 2.37. The summed E-state index contributed by atoms with van der Waals surface area (Å²) in [6.45, 7) is 1.50. The third-order valence-electron chi connectivity index (χ3n) is 2.62. The Morgan fingerprint density at radius 1 is 1.29 bits per heavy atom. The fourth-order valence-corrected chi connectivity index (χ4v) is 3.26. The summed E-state index contributed by atoms with van der Waals surface area (Å²) < 4.78 is 27.6. The molecule has 0 aliphatic rings. The lowest BCUT2D eigenvalue weighted by molar-refractivity contribution is -0.385. The molecule has 21 heavy (non-hydrogen) atoms. The molecule has 0 saturated carbocycles. The van der Waals surface area contributed by atoms with Crippen LogP contribution in [0.25, 0.3) is 0 Å². The monoisotopic (exact) mass is 371 g/mol. The maximum atomic E-state index is 12.3. The zero-order chi connectivity index (χ0) is 15.6. The smallest absolute Gasteiger partial charge is 0.263 e. The van der Waals surface area contributed by atoms with Crippen LogP contribution in [0.5, 0.6) is 0 Å². The Hall–Kier alpha value is -2.00. The molecular weight excluding hydrogens is 362 g/mol. The van der Waals surface area contributed by atoms with Crippen LogP contribution < -0.4 is 4.72 Å². The second-order valence-electron chi connectivity index (χ2n) is 4.17. The van der Waals surface area contributed by atoms with Crippen molar-refractivity contribution >= 4 is 37.5 Å². The van der Waals surface area contributed by atoms with Gasteiger partial charge in [-0.1, -0.05) is 15.9 Å². The number of nitro benzene ring substituents is 1. The number of aromatic nitrogens is 1. The van der Waals surface area contributed by atoms with E-state index in [0.29, 0.717) is 4.47 Å².